The number of aliphatic hydroxyl groups is 5. The third kappa shape index (κ3) is 24.0. The number of hydrogen-bond acceptors (Lipinski definition) is 6. The lowest BCUT2D eigenvalue weighted by Crippen LogP contribution is -2.59. The van der Waals surface area contributed by atoms with Gasteiger partial charge in [-0.25, -0.2) is 0 Å². The summed E-state index contributed by atoms with van der Waals surface area (Å²) in [6, 6.07) is 0. The molecule has 0 aromatic heterocycles. The zero-order valence-corrected chi connectivity index (χ0v) is 29.5. The second-order valence-electron chi connectivity index (χ2n) is 13.7. The summed E-state index contributed by atoms with van der Waals surface area (Å²) < 4.78 is 5.93. The monoisotopic (exact) mass is 631 g/mol. The van der Waals surface area contributed by atoms with Crippen molar-refractivity contribution in [2.45, 2.75) is 224 Å². The second-order valence-corrected chi connectivity index (χ2v) is 13.7. The van der Waals surface area contributed by atoms with Crippen molar-refractivity contribution in [2.24, 2.45) is 0 Å². The molecule has 6 heteroatoms. The van der Waals surface area contributed by atoms with Gasteiger partial charge in [-0.2, -0.15) is 0 Å². The highest BCUT2D eigenvalue weighted by Crippen LogP contribution is 2.29. The molecule has 0 radical (unpaired) electrons. The summed E-state index contributed by atoms with van der Waals surface area (Å²) >= 11 is 0. The van der Waals surface area contributed by atoms with Gasteiger partial charge in [-0.3, -0.25) is 0 Å². The highest BCUT2D eigenvalue weighted by atomic mass is 16.5. The van der Waals surface area contributed by atoms with Crippen LogP contribution in [0.25, 0.3) is 0 Å². The van der Waals surface area contributed by atoms with Crippen molar-refractivity contribution in [1.82, 2.24) is 0 Å². The van der Waals surface area contributed by atoms with E-state index < -0.39 is 37.1 Å². The lowest BCUT2D eigenvalue weighted by atomic mass is 9.82. The largest absolute Gasteiger partial charge is 0.394 e. The minimum Gasteiger partial charge on any atom is -0.394 e. The van der Waals surface area contributed by atoms with E-state index in [4.69, 9.17) is 4.74 Å². The van der Waals surface area contributed by atoms with Crippen LogP contribution in [0.15, 0.2) is 0 Å². The van der Waals surface area contributed by atoms with Crippen molar-refractivity contribution >= 4 is 0 Å². The molecule has 0 saturated carbocycles. The van der Waals surface area contributed by atoms with Crippen LogP contribution in [0.3, 0.4) is 0 Å². The number of unbranched alkanes of at least 4 members (excludes halogenated alkanes) is 26. The Hall–Kier alpha value is -0.240. The van der Waals surface area contributed by atoms with Gasteiger partial charge in [-0.1, -0.05) is 187 Å². The van der Waals surface area contributed by atoms with Gasteiger partial charge in [0.15, 0.2) is 0 Å². The fourth-order valence-electron chi connectivity index (χ4n) is 6.45. The van der Waals surface area contributed by atoms with Gasteiger partial charge in [0.2, 0.25) is 0 Å². The molecule has 266 valence electrons. The van der Waals surface area contributed by atoms with Gasteiger partial charge in [0, 0.05) is 6.61 Å². The predicted octanol–water partition coefficient (Wildman–Crippen LogP) is 9.16. The smallest absolute Gasteiger partial charge is 0.121 e. The van der Waals surface area contributed by atoms with E-state index in [0.29, 0.717) is 13.0 Å². The van der Waals surface area contributed by atoms with E-state index in [1.165, 1.54) is 135 Å². The third-order valence-corrected chi connectivity index (χ3v) is 9.51. The molecule has 0 fully saturated rings. The molecule has 0 amide bonds. The highest BCUT2D eigenvalue weighted by Gasteiger charge is 2.46. The van der Waals surface area contributed by atoms with Crippen molar-refractivity contribution in [3.8, 4) is 0 Å². The maximum Gasteiger partial charge on any atom is 0.121 e. The van der Waals surface area contributed by atoms with Crippen molar-refractivity contribution in [3.63, 3.8) is 0 Å². The molecule has 44 heavy (non-hydrogen) atoms. The lowest BCUT2D eigenvalue weighted by molar-refractivity contribution is -0.211. The molecule has 0 heterocycles. The fourth-order valence-corrected chi connectivity index (χ4v) is 6.45. The van der Waals surface area contributed by atoms with Crippen LogP contribution < -0.4 is 0 Å². The maximum absolute atomic E-state index is 11.4. The van der Waals surface area contributed by atoms with Gasteiger partial charge in [0.05, 0.1) is 13.2 Å². The summed E-state index contributed by atoms with van der Waals surface area (Å²) in [7, 11) is 0. The molecule has 0 rings (SSSR count). The van der Waals surface area contributed by atoms with Gasteiger partial charge in [0.25, 0.3) is 0 Å². The van der Waals surface area contributed by atoms with Gasteiger partial charge in [-0.05, 0) is 12.8 Å². The van der Waals surface area contributed by atoms with E-state index in [0.717, 1.165) is 38.5 Å². The number of aliphatic hydroxyl groups excluding tert-OH is 4. The molecule has 0 bridgehead atoms. The average molecular weight is 631 g/mol. The first kappa shape index (κ1) is 43.8. The van der Waals surface area contributed by atoms with E-state index in [1.807, 2.05) is 0 Å². The first-order valence-corrected chi connectivity index (χ1v) is 19.4. The normalized spacial score (nSPS) is 15.3. The zero-order chi connectivity index (χ0) is 32.6. The molecular weight excluding hydrogens is 552 g/mol. The lowest BCUT2D eigenvalue weighted by Gasteiger charge is -2.41. The topological polar surface area (TPSA) is 110 Å². The Morgan fingerprint density at radius 2 is 0.773 bits per heavy atom. The van der Waals surface area contributed by atoms with Crippen LogP contribution in [0.5, 0.6) is 0 Å². The molecule has 0 aliphatic carbocycles. The Bertz CT molecular complexity index is 561. The van der Waals surface area contributed by atoms with Gasteiger partial charge < -0.3 is 30.3 Å². The van der Waals surface area contributed by atoms with Gasteiger partial charge in [0.1, 0.15) is 23.9 Å². The number of rotatable bonds is 36. The van der Waals surface area contributed by atoms with E-state index in [9.17, 15) is 25.5 Å². The Morgan fingerprint density at radius 1 is 0.455 bits per heavy atom. The summed E-state index contributed by atoms with van der Waals surface area (Å²) in [6.07, 6.45) is 31.1. The first-order chi connectivity index (χ1) is 21.5. The molecule has 6 nitrogen and oxygen atoms in total. The van der Waals surface area contributed by atoms with Crippen LogP contribution in [0, 0.1) is 0 Å². The van der Waals surface area contributed by atoms with E-state index >= 15 is 0 Å². The van der Waals surface area contributed by atoms with Crippen LogP contribution in [0.2, 0.25) is 0 Å². The van der Waals surface area contributed by atoms with Crippen molar-refractivity contribution < 1.29 is 30.3 Å². The summed E-state index contributed by atoms with van der Waals surface area (Å²) in [6.45, 7) is 3.68. The van der Waals surface area contributed by atoms with Gasteiger partial charge in [-0.15, -0.1) is 0 Å². The van der Waals surface area contributed by atoms with E-state index in [2.05, 4.69) is 13.8 Å². The average Bonchev–Trinajstić information content (AvgIpc) is 3.03. The first-order valence-electron chi connectivity index (χ1n) is 19.4. The molecular formula is C38H78O6. The summed E-state index contributed by atoms with van der Waals surface area (Å²) in [5.41, 5.74) is -1.80. The molecule has 0 saturated heterocycles. The quantitative estimate of drug-likeness (QED) is 0.0442. The summed E-state index contributed by atoms with van der Waals surface area (Å²) in [5, 5.41) is 51.8. The number of ether oxygens (including phenoxy) is 1. The van der Waals surface area contributed by atoms with Crippen molar-refractivity contribution in [3.05, 3.63) is 0 Å². The summed E-state index contributed by atoms with van der Waals surface area (Å²) in [4.78, 5) is 0. The third-order valence-electron chi connectivity index (χ3n) is 9.51. The van der Waals surface area contributed by atoms with Crippen LogP contribution in [0.4, 0.5) is 0 Å². The van der Waals surface area contributed by atoms with Crippen LogP contribution >= 0.6 is 0 Å². The fraction of sp³-hybridized carbons (Fsp3) is 1.00. The Balaban J connectivity index is 4.17. The number of hydrogen-bond donors (Lipinski definition) is 5. The summed E-state index contributed by atoms with van der Waals surface area (Å²) in [5.74, 6) is 0. The molecule has 0 aliphatic rings. The molecule has 5 N–H and O–H groups in total. The molecule has 0 aliphatic heterocycles. The molecule has 0 spiro atoms. The minimum absolute atomic E-state index is 0.216. The van der Waals surface area contributed by atoms with E-state index in [-0.39, 0.29) is 6.42 Å². The second kappa shape index (κ2) is 32.7. The van der Waals surface area contributed by atoms with Crippen molar-refractivity contribution in [1.29, 1.82) is 0 Å². The maximum atomic E-state index is 11.4. The predicted molar refractivity (Wildman–Crippen MR) is 186 cm³/mol. The Kier molecular flexibility index (Phi) is 32.5. The Morgan fingerprint density at radius 3 is 1.09 bits per heavy atom. The SMILES string of the molecule is CCCCCCCCCCCCCCCCO[C@H]([C@H](O)CO)[C@@](O)(CCCCCCCCCCCCCCCC)[C@H](O)CO. The molecule has 0 unspecified atom stereocenters. The molecule has 0 aromatic rings. The highest BCUT2D eigenvalue weighted by molar-refractivity contribution is 4.97. The van der Waals surface area contributed by atoms with Crippen LogP contribution in [-0.4, -0.2) is 69.3 Å². The molecule has 0 aromatic carbocycles. The minimum atomic E-state index is -1.80. The van der Waals surface area contributed by atoms with Crippen molar-refractivity contribution in [2.75, 3.05) is 19.8 Å². The van der Waals surface area contributed by atoms with Gasteiger partial charge >= 0.3 is 0 Å². The Labute approximate surface area is 273 Å². The van der Waals surface area contributed by atoms with Crippen LogP contribution in [0.1, 0.15) is 200 Å². The van der Waals surface area contributed by atoms with Crippen LogP contribution in [-0.2, 0) is 4.74 Å². The zero-order valence-electron chi connectivity index (χ0n) is 29.5. The molecule has 4 atom stereocenters. The van der Waals surface area contributed by atoms with E-state index in [1.54, 1.807) is 0 Å². The standard InChI is InChI=1S/C38H78O6/c1-3-5-7-9-11-13-15-17-19-21-23-25-27-29-31-38(43,36(42)34-40)37(35(41)33-39)44-32-30-28-26-24-22-20-18-16-14-12-10-8-6-4-2/h35-37,39-43H,3-34H2,1-2H3/t35-,36-,37-,38-/m1/s1.